The topological polar surface area (TPSA) is 109 Å². The van der Waals surface area contributed by atoms with Crippen molar-refractivity contribution in [3.05, 3.63) is 48.0 Å². The number of benzene rings is 2. The summed E-state index contributed by atoms with van der Waals surface area (Å²) >= 11 is 0. The molecule has 1 saturated carbocycles. The monoisotopic (exact) mass is 417 g/mol. The third kappa shape index (κ3) is 4.06. The first-order valence-corrected chi connectivity index (χ1v) is 10.8. The van der Waals surface area contributed by atoms with E-state index in [1.165, 1.54) is 17.9 Å². The van der Waals surface area contributed by atoms with Gasteiger partial charge in [-0.2, -0.15) is 5.10 Å². The highest BCUT2D eigenvalue weighted by Gasteiger charge is 2.18. The number of nitrogens with zero attached hydrogens (tertiary/aromatic N) is 1. The van der Waals surface area contributed by atoms with Gasteiger partial charge in [-0.25, -0.2) is 0 Å². The maximum absolute atomic E-state index is 11.2. The van der Waals surface area contributed by atoms with Crippen molar-refractivity contribution >= 4 is 27.8 Å². The number of nitrogens with one attached hydrogen (secondary N) is 3. The zero-order valence-electron chi connectivity index (χ0n) is 17.6. The van der Waals surface area contributed by atoms with E-state index in [4.69, 9.17) is 10.5 Å². The molecule has 0 bridgehead atoms. The van der Waals surface area contributed by atoms with Crippen LogP contribution in [0.1, 0.15) is 38.2 Å². The lowest BCUT2D eigenvalue weighted by atomic mass is 9.91. The van der Waals surface area contributed by atoms with Gasteiger partial charge in [-0.1, -0.05) is 12.1 Å². The molecule has 1 aliphatic rings. The van der Waals surface area contributed by atoms with Crippen molar-refractivity contribution in [2.45, 2.75) is 51.2 Å². The van der Waals surface area contributed by atoms with Crippen LogP contribution in [0.4, 0.5) is 0 Å². The lowest BCUT2D eigenvalue weighted by Gasteiger charge is -2.27. The number of hydrogen-bond donors (Lipinski definition) is 4. The number of esters is 1. The minimum atomic E-state index is -0.341. The Morgan fingerprint density at radius 2 is 1.97 bits per heavy atom. The van der Waals surface area contributed by atoms with Crippen LogP contribution in [-0.4, -0.2) is 33.2 Å². The van der Waals surface area contributed by atoms with Gasteiger partial charge in [0.2, 0.25) is 0 Å². The quantitative estimate of drug-likeness (QED) is 0.290. The molecule has 160 valence electrons. The van der Waals surface area contributed by atoms with Crippen molar-refractivity contribution in [3.8, 4) is 17.1 Å². The average Bonchev–Trinajstić information content (AvgIpc) is 3.36. The van der Waals surface area contributed by atoms with E-state index in [-0.39, 0.29) is 5.97 Å². The molecule has 1 aliphatic carbocycles. The smallest absolute Gasteiger partial charge is 0.308 e. The second-order valence-corrected chi connectivity index (χ2v) is 8.43. The van der Waals surface area contributed by atoms with Gasteiger partial charge in [0.25, 0.3) is 0 Å². The highest BCUT2D eigenvalue weighted by molar-refractivity contribution is 5.97. The van der Waals surface area contributed by atoms with Crippen LogP contribution in [0, 0.1) is 0 Å². The zero-order valence-corrected chi connectivity index (χ0v) is 17.6. The minimum absolute atomic E-state index is 0.341. The van der Waals surface area contributed by atoms with Crippen LogP contribution in [0.25, 0.3) is 33.2 Å². The highest BCUT2D eigenvalue weighted by Crippen LogP contribution is 2.31. The molecule has 2 heterocycles. The Morgan fingerprint density at radius 1 is 1.13 bits per heavy atom. The van der Waals surface area contributed by atoms with Gasteiger partial charge in [0.05, 0.1) is 11.2 Å². The summed E-state index contributed by atoms with van der Waals surface area (Å²) in [6, 6.07) is 14.9. The summed E-state index contributed by atoms with van der Waals surface area (Å²) in [6.45, 7) is 2.23. The van der Waals surface area contributed by atoms with Crippen LogP contribution in [0.5, 0.6) is 5.75 Å². The SMILES string of the molecule is CC(=O)Oc1ccc2c(-c3cc4c(CNC5CCC(N)CC5)cccc4[nH]3)n[nH]c2c1. The molecule has 7 heteroatoms. The minimum Gasteiger partial charge on any atom is -0.427 e. The van der Waals surface area contributed by atoms with Crippen LogP contribution in [0.2, 0.25) is 0 Å². The van der Waals surface area contributed by atoms with E-state index >= 15 is 0 Å². The molecule has 0 amide bonds. The number of carbonyl (C=O) groups is 1. The molecule has 7 nitrogen and oxygen atoms in total. The molecule has 2 aromatic heterocycles. The predicted octanol–water partition coefficient (Wildman–Crippen LogP) is 4.00. The first-order chi connectivity index (χ1) is 15.1. The Hall–Kier alpha value is -3.16. The standard InChI is InChI=1S/C24H27N5O2/c1-14(30)31-18-9-10-19-22(11-18)28-29-24(19)23-12-20-15(3-2-4-21(20)27-23)13-26-17-7-5-16(25)6-8-17/h2-4,9-12,16-17,26-27H,5-8,13,25H2,1H3,(H,28,29). The highest BCUT2D eigenvalue weighted by atomic mass is 16.5. The van der Waals surface area contributed by atoms with Crippen LogP contribution in [0.15, 0.2) is 42.5 Å². The van der Waals surface area contributed by atoms with Crippen molar-refractivity contribution in [1.82, 2.24) is 20.5 Å². The summed E-state index contributed by atoms with van der Waals surface area (Å²) in [5, 5.41) is 13.4. The Balaban J connectivity index is 1.41. The van der Waals surface area contributed by atoms with Gasteiger partial charge < -0.3 is 20.8 Å². The average molecular weight is 418 g/mol. The number of nitrogens with two attached hydrogens (primary N) is 1. The maximum Gasteiger partial charge on any atom is 0.308 e. The number of fused-ring (bicyclic) bond motifs is 2. The van der Waals surface area contributed by atoms with E-state index in [1.54, 1.807) is 12.1 Å². The molecule has 0 unspecified atom stereocenters. The fourth-order valence-electron chi connectivity index (χ4n) is 4.51. The third-order valence-electron chi connectivity index (χ3n) is 6.16. The Kier molecular flexibility index (Phi) is 5.21. The third-order valence-corrected chi connectivity index (χ3v) is 6.16. The van der Waals surface area contributed by atoms with Gasteiger partial charge in [0, 0.05) is 47.9 Å². The number of ether oxygens (including phenoxy) is 1. The van der Waals surface area contributed by atoms with E-state index in [1.807, 2.05) is 6.07 Å². The molecule has 5 N–H and O–H groups in total. The molecule has 0 radical (unpaired) electrons. The first-order valence-electron chi connectivity index (χ1n) is 10.8. The number of H-pyrrole nitrogens is 2. The maximum atomic E-state index is 11.2. The summed E-state index contributed by atoms with van der Waals surface area (Å²) < 4.78 is 5.18. The van der Waals surface area contributed by atoms with Gasteiger partial charge in [-0.15, -0.1) is 0 Å². The van der Waals surface area contributed by atoms with E-state index in [0.717, 1.165) is 60.0 Å². The summed E-state index contributed by atoms with van der Waals surface area (Å²) in [7, 11) is 0. The second kappa shape index (κ2) is 8.17. The molecular formula is C24H27N5O2. The van der Waals surface area contributed by atoms with Crippen molar-refractivity contribution in [1.29, 1.82) is 0 Å². The van der Waals surface area contributed by atoms with E-state index in [9.17, 15) is 4.79 Å². The van der Waals surface area contributed by atoms with E-state index < -0.39 is 0 Å². The summed E-state index contributed by atoms with van der Waals surface area (Å²) in [5.41, 5.74) is 11.0. The molecule has 1 fully saturated rings. The van der Waals surface area contributed by atoms with E-state index in [2.05, 4.69) is 44.8 Å². The second-order valence-electron chi connectivity index (χ2n) is 8.43. The van der Waals surface area contributed by atoms with Gasteiger partial charge in [0.1, 0.15) is 11.4 Å². The normalized spacial score (nSPS) is 19.2. The molecular weight excluding hydrogens is 390 g/mol. The molecule has 0 spiro atoms. The molecule has 4 aromatic rings. The lowest BCUT2D eigenvalue weighted by molar-refractivity contribution is -0.131. The van der Waals surface area contributed by atoms with Crippen LogP contribution >= 0.6 is 0 Å². The van der Waals surface area contributed by atoms with Gasteiger partial charge in [-0.3, -0.25) is 9.89 Å². The molecule has 0 aliphatic heterocycles. The number of aromatic amines is 2. The van der Waals surface area contributed by atoms with Gasteiger partial charge in [0.15, 0.2) is 0 Å². The molecule has 2 aromatic carbocycles. The number of rotatable bonds is 5. The molecule has 0 saturated heterocycles. The Labute approximate surface area is 180 Å². The lowest BCUT2D eigenvalue weighted by Crippen LogP contribution is -2.37. The first kappa shape index (κ1) is 19.8. The number of carbonyl (C=O) groups excluding carboxylic acids is 1. The summed E-state index contributed by atoms with van der Waals surface area (Å²) in [6.07, 6.45) is 4.48. The number of aromatic nitrogens is 3. The van der Waals surface area contributed by atoms with Crippen molar-refractivity contribution in [2.75, 3.05) is 0 Å². The van der Waals surface area contributed by atoms with Crippen LogP contribution < -0.4 is 15.8 Å². The van der Waals surface area contributed by atoms with E-state index in [0.29, 0.717) is 17.8 Å². The van der Waals surface area contributed by atoms with Crippen LogP contribution in [0.3, 0.4) is 0 Å². The fourth-order valence-corrected chi connectivity index (χ4v) is 4.51. The summed E-state index contributed by atoms with van der Waals surface area (Å²) in [4.78, 5) is 14.7. The molecule has 31 heavy (non-hydrogen) atoms. The zero-order chi connectivity index (χ0) is 21.4. The molecule has 5 rings (SSSR count). The Bertz CT molecular complexity index is 1230. The Morgan fingerprint density at radius 3 is 2.77 bits per heavy atom. The largest absolute Gasteiger partial charge is 0.427 e. The van der Waals surface area contributed by atoms with Gasteiger partial charge >= 0.3 is 5.97 Å². The van der Waals surface area contributed by atoms with Gasteiger partial charge in [-0.05, 0) is 55.5 Å². The number of hydrogen-bond acceptors (Lipinski definition) is 5. The summed E-state index contributed by atoms with van der Waals surface area (Å²) in [5.74, 6) is 0.163. The predicted molar refractivity (Wildman–Crippen MR) is 122 cm³/mol. The van der Waals surface area contributed by atoms with Crippen molar-refractivity contribution in [2.24, 2.45) is 5.73 Å². The van der Waals surface area contributed by atoms with Crippen molar-refractivity contribution < 1.29 is 9.53 Å². The molecule has 0 atom stereocenters. The van der Waals surface area contributed by atoms with Crippen LogP contribution in [-0.2, 0) is 11.3 Å². The van der Waals surface area contributed by atoms with Crippen molar-refractivity contribution in [3.63, 3.8) is 0 Å². The fraction of sp³-hybridized carbons (Fsp3) is 0.333.